The van der Waals surface area contributed by atoms with E-state index in [0.29, 0.717) is 23.5 Å². The van der Waals surface area contributed by atoms with Crippen molar-refractivity contribution in [3.8, 4) is 5.75 Å². The number of hydrogen-bond donors (Lipinski definition) is 2. The Morgan fingerprint density at radius 1 is 1.23 bits per heavy atom. The molecule has 1 aromatic rings. The molecule has 2 rings (SSSR count). The van der Waals surface area contributed by atoms with Gasteiger partial charge in [-0.3, -0.25) is 9.79 Å². The van der Waals surface area contributed by atoms with E-state index in [2.05, 4.69) is 15.0 Å². The molecule has 1 aliphatic rings. The van der Waals surface area contributed by atoms with Crippen molar-refractivity contribution in [2.75, 3.05) is 32.1 Å². The lowest BCUT2D eigenvalue weighted by Crippen LogP contribution is -2.31. The molecule has 1 aromatic carbocycles. The Bertz CT molecular complexity index is 885. The maximum Gasteiger partial charge on any atom is 0.573 e. The highest BCUT2D eigenvalue weighted by Crippen LogP contribution is 2.25. The summed E-state index contributed by atoms with van der Waals surface area (Å²) in [7, 11) is 1.61. The summed E-state index contributed by atoms with van der Waals surface area (Å²) in [5.74, 6) is -0.531. The summed E-state index contributed by atoms with van der Waals surface area (Å²) < 4.78 is 40.7. The van der Waals surface area contributed by atoms with Gasteiger partial charge in [-0.25, -0.2) is 0 Å². The van der Waals surface area contributed by atoms with Crippen LogP contribution in [0.3, 0.4) is 0 Å². The van der Waals surface area contributed by atoms with E-state index in [1.54, 1.807) is 25.3 Å². The normalized spacial score (nSPS) is 16.9. The van der Waals surface area contributed by atoms with Crippen LogP contribution in [0.1, 0.15) is 13.8 Å². The topological polar surface area (TPSA) is 74.2 Å². The molecule has 2 N–H and O–H groups in total. The largest absolute Gasteiger partial charge is 0.573 e. The van der Waals surface area contributed by atoms with Crippen molar-refractivity contribution >= 4 is 17.3 Å². The van der Waals surface area contributed by atoms with Crippen molar-refractivity contribution in [3.05, 3.63) is 59.3 Å². The Morgan fingerprint density at radius 2 is 1.90 bits per heavy atom. The van der Waals surface area contributed by atoms with Gasteiger partial charge in [-0.15, -0.1) is 13.2 Å². The second-order valence-electron chi connectivity index (χ2n) is 6.48. The van der Waals surface area contributed by atoms with Crippen molar-refractivity contribution < 1.29 is 27.8 Å². The monoisotopic (exact) mass is 423 g/mol. The lowest BCUT2D eigenvalue weighted by molar-refractivity contribution is -0.274. The standard InChI is InChI=1S/C21H24F3N3O3/c1-4-25-19-13-15(20(29)27(3)11-12-28)5-10-18(19)14(2)26-16-6-8-17(9-7-16)30-21(22,23)24/h5-10,13,26,28H,4,11-12H2,1-3H3/b18-14+,25-19-. The van der Waals surface area contributed by atoms with Crippen LogP contribution < -0.4 is 10.1 Å². The van der Waals surface area contributed by atoms with E-state index < -0.39 is 6.36 Å². The van der Waals surface area contributed by atoms with Gasteiger partial charge in [0.15, 0.2) is 0 Å². The van der Waals surface area contributed by atoms with Gasteiger partial charge in [0, 0.05) is 42.7 Å². The number of likely N-dealkylation sites (N-methyl/N-ethyl adjacent to an activating group) is 1. The summed E-state index contributed by atoms with van der Waals surface area (Å²) in [6.07, 6.45) is 0.377. The van der Waals surface area contributed by atoms with Gasteiger partial charge in [0.05, 0.1) is 12.3 Å². The Kier molecular flexibility index (Phi) is 7.82. The van der Waals surface area contributed by atoms with Crippen molar-refractivity contribution in [2.45, 2.75) is 20.2 Å². The quantitative estimate of drug-likeness (QED) is 0.702. The van der Waals surface area contributed by atoms with Crippen LogP contribution >= 0.6 is 0 Å². The van der Waals surface area contributed by atoms with Crippen LogP contribution in [-0.2, 0) is 4.79 Å². The maximum absolute atomic E-state index is 12.5. The summed E-state index contributed by atoms with van der Waals surface area (Å²) in [4.78, 5) is 18.3. The van der Waals surface area contributed by atoms with Crippen LogP contribution in [0, 0.1) is 0 Å². The van der Waals surface area contributed by atoms with Crippen LogP contribution in [0.5, 0.6) is 5.75 Å². The molecule has 0 heterocycles. The molecule has 9 heteroatoms. The zero-order chi connectivity index (χ0) is 22.3. The van der Waals surface area contributed by atoms with Gasteiger partial charge < -0.3 is 20.1 Å². The molecule has 0 fully saturated rings. The predicted octanol–water partition coefficient (Wildman–Crippen LogP) is 3.68. The van der Waals surface area contributed by atoms with Crippen molar-refractivity contribution in [1.82, 2.24) is 4.90 Å². The SMILES string of the molecule is CC/N=C1/C=C(C(=O)N(C)CCO)C=C/C1=C(/C)Nc1ccc(OC(F)(F)F)cc1. The summed E-state index contributed by atoms with van der Waals surface area (Å²) in [5, 5.41) is 12.1. The molecule has 162 valence electrons. The Balaban J connectivity index is 2.21. The highest BCUT2D eigenvalue weighted by atomic mass is 19.4. The molecule has 0 bridgehead atoms. The minimum Gasteiger partial charge on any atom is -0.406 e. The zero-order valence-electron chi connectivity index (χ0n) is 17.0. The van der Waals surface area contributed by atoms with Crippen LogP contribution in [0.25, 0.3) is 0 Å². The highest BCUT2D eigenvalue weighted by Gasteiger charge is 2.31. The molecule has 0 unspecified atom stereocenters. The second-order valence-corrected chi connectivity index (χ2v) is 6.48. The van der Waals surface area contributed by atoms with E-state index >= 15 is 0 Å². The first-order valence-corrected chi connectivity index (χ1v) is 9.29. The molecule has 0 aliphatic heterocycles. The molecule has 0 atom stereocenters. The number of rotatable bonds is 7. The Labute approximate surface area is 173 Å². The average molecular weight is 423 g/mol. The van der Waals surface area contributed by atoms with E-state index in [1.807, 2.05) is 13.8 Å². The van der Waals surface area contributed by atoms with Crippen LogP contribution in [-0.4, -0.2) is 54.7 Å². The first-order chi connectivity index (χ1) is 14.1. The number of hydrogen-bond acceptors (Lipinski definition) is 5. The van der Waals surface area contributed by atoms with Crippen molar-refractivity contribution in [2.24, 2.45) is 4.99 Å². The number of halogens is 3. The van der Waals surface area contributed by atoms with Crippen LogP contribution in [0.4, 0.5) is 18.9 Å². The number of nitrogens with one attached hydrogen (secondary N) is 1. The first-order valence-electron chi connectivity index (χ1n) is 9.29. The molecular weight excluding hydrogens is 399 g/mol. The molecule has 0 saturated carbocycles. The molecule has 30 heavy (non-hydrogen) atoms. The minimum absolute atomic E-state index is 0.129. The van der Waals surface area contributed by atoms with E-state index in [1.165, 1.54) is 29.2 Å². The molecule has 0 spiro atoms. The smallest absolute Gasteiger partial charge is 0.406 e. The lowest BCUT2D eigenvalue weighted by atomic mass is 9.97. The van der Waals surface area contributed by atoms with Gasteiger partial charge in [0.25, 0.3) is 5.91 Å². The zero-order valence-corrected chi connectivity index (χ0v) is 17.0. The third-order valence-electron chi connectivity index (χ3n) is 4.18. The van der Waals surface area contributed by atoms with E-state index in [9.17, 15) is 18.0 Å². The Hall–Kier alpha value is -3.07. The van der Waals surface area contributed by atoms with Crippen LogP contribution in [0.15, 0.2) is 64.3 Å². The van der Waals surface area contributed by atoms with Gasteiger partial charge in [-0.1, -0.05) is 6.08 Å². The molecule has 6 nitrogen and oxygen atoms in total. The van der Waals surface area contributed by atoms with Crippen LogP contribution in [0.2, 0.25) is 0 Å². The van der Waals surface area contributed by atoms with Gasteiger partial charge in [-0.05, 0) is 50.3 Å². The number of aliphatic hydroxyl groups excluding tert-OH is 1. The predicted molar refractivity (Wildman–Crippen MR) is 109 cm³/mol. The number of carbonyl (C=O) groups excluding carboxylic acids is 1. The number of nitrogens with zero attached hydrogens (tertiary/aromatic N) is 2. The summed E-state index contributed by atoms with van der Waals surface area (Å²) in [5.41, 5.74) is 3.11. The number of alkyl halides is 3. The number of aliphatic imine (C=N–C) groups is 1. The van der Waals surface area contributed by atoms with E-state index in [4.69, 9.17) is 5.11 Å². The van der Waals surface area contributed by atoms with Gasteiger partial charge in [-0.2, -0.15) is 0 Å². The number of anilines is 1. The molecule has 0 aromatic heterocycles. The number of carbonyl (C=O) groups is 1. The molecule has 1 amide bonds. The fourth-order valence-electron chi connectivity index (χ4n) is 2.78. The number of ether oxygens (including phenoxy) is 1. The highest BCUT2D eigenvalue weighted by molar-refractivity contribution is 6.17. The van der Waals surface area contributed by atoms with Gasteiger partial charge >= 0.3 is 6.36 Å². The number of benzene rings is 1. The van der Waals surface area contributed by atoms with Gasteiger partial charge in [0.2, 0.25) is 0 Å². The molecular formula is C21H24F3N3O3. The summed E-state index contributed by atoms with van der Waals surface area (Å²) >= 11 is 0. The summed E-state index contributed by atoms with van der Waals surface area (Å²) in [6, 6.07) is 5.39. The average Bonchev–Trinajstić information content (AvgIpc) is 2.68. The lowest BCUT2D eigenvalue weighted by Gasteiger charge is -2.20. The summed E-state index contributed by atoms with van der Waals surface area (Å²) in [6.45, 7) is 4.29. The first kappa shape index (κ1) is 23.2. The molecule has 0 saturated heterocycles. The number of aliphatic hydroxyl groups is 1. The number of amides is 1. The Morgan fingerprint density at radius 3 is 2.47 bits per heavy atom. The number of allylic oxidation sites excluding steroid dienone is 4. The maximum atomic E-state index is 12.5. The van der Waals surface area contributed by atoms with Crippen molar-refractivity contribution in [1.29, 1.82) is 0 Å². The minimum atomic E-state index is -4.74. The molecule has 0 radical (unpaired) electrons. The third kappa shape index (κ3) is 6.48. The van der Waals surface area contributed by atoms with E-state index in [-0.39, 0.29) is 24.8 Å². The van der Waals surface area contributed by atoms with Gasteiger partial charge in [0.1, 0.15) is 5.75 Å². The van der Waals surface area contributed by atoms with Crippen molar-refractivity contribution in [3.63, 3.8) is 0 Å². The fraction of sp³-hybridized carbons (Fsp3) is 0.333. The fourth-order valence-corrected chi connectivity index (χ4v) is 2.78. The van der Waals surface area contributed by atoms with E-state index in [0.717, 1.165) is 11.3 Å². The third-order valence-corrected chi connectivity index (χ3v) is 4.18. The molecule has 1 aliphatic carbocycles. The second kappa shape index (κ2) is 10.1.